The van der Waals surface area contributed by atoms with Crippen LogP contribution in [0.25, 0.3) is 0 Å². The molecule has 8 nitrogen and oxygen atoms in total. The van der Waals surface area contributed by atoms with Gasteiger partial charge < -0.3 is 9.90 Å². The van der Waals surface area contributed by atoms with Gasteiger partial charge in [0.2, 0.25) is 0 Å². The molecule has 0 aliphatic rings. The van der Waals surface area contributed by atoms with Gasteiger partial charge >= 0.3 is 35.5 Å². The Hall–Kier alpha value is -0.190. The van der Waals surface area contributed by atoms with Gasteiger partial charge in [0.05, 0.1) is 6.61 Å². The van der Waals surface area contributed by atoms with Crippen LogP contribution in [-0.2, 0) is 29.5 Å². The molecule has 10 heteroatoms. The van der Waals surface area contributed by atoms with Crippen LogP contribution in [0.15, 0.2) is 0 Å². The van der Waals surface area contributed by atoms with Crippen molar-refractivity contribution in [3.8, 4) is 0 Å². The van der Waals surface area contributed by atoms with Crippen LogP contribution in [0.2, 0.25) is 0 Å². The molecule has 28 heavy (non-hydrogen) atoms. The first-order valence-corrected chi connectivity index (χ1v) is 11.3. The summed E-state index contributed by atoms with van der Waals surface area (Å²) in [5.41, 5.74) is 0. The minimum absolute atomic E-state index is 0. The molecule has 0 aliphatic carbocycles. The topological polar surface area (TPSA) is 130 Å². The van der Waals surface area contributed by atoms with Crippen molar-refractivity contribution in [1.29, 1.82) is 0 Å². The second-order valence-corrected chi connectivity index (χ2v) is 8.29. The monoisotopic (exact) mass is 432 g/mol. The van der Waals surface area contributed by atoms with Crippen molar-refractivity contribution in [3.05, 3.63) is 0 Å². The molecule has 0 radical (unpaired) electrons. The van der Waals surface area contributed by atoms with Crippen LogP contribution >= 0.6 is 0 Å². The van der Waals surface area contributed by atoms with Crippen LogP contribution < -0.4 is 34.7 Å². The van der Waals surface area contributed by atoms with E-state index in [1.807, 2.05) is 0 Å². The summed E-state index contributed by atoms with van der Waals surface area (Å²) in [5.74, 6) is -3.27. The van der Waals surface area contributed by atoms with Crippen LogP contribution in [0, 0.1) is 0 Å². The Balaban J connectivity index is 0. The number of unbranched alkanes of at least 4 members (excludes halogenated alkanes) is 11. The molecule has 0 amide bonds. The Kier molecular flexibility index (Phi) is 20.2. The largest absolute Gasteiger partial charge is 1.00 e. The normalized spacial score (nSPS) is 12.2. The fourth-order valence-electron chi connectivity index (χ4n) is 2.62. The van der Waals surface area contributed by atoms with E-state index in [9.17, 15) is 23.1 Å². The van der Waals surface area contributed by atoms with E-state index in [-0.39, 0.29) is 36.2 Å². The van der Waals surface area contributed by atoms with E-state index in [1.54, 1.807) is 0 Å². The van der Waals surface area contributed by atoms with Gasteiger partial charge in [-0.3, -0.25) is 9.44 Å². The fourth-order valence-corrected chi connectivity index (χ4v) is 3.25. The quantitative estimate of drug-likeness (QED) is 0.101. The molecule has 0 spiro atoms. The second-order valence-electron chi connectivity index (χ2n) is 6.69. The minimum Gasteiger partial charge on any atom is -0.550 e. The average Bonchev–Trinajstić information content (AvgIpc) is 2.58. The molecule has 0 heterocycles. The molecule has 1 N–H and O–H groups in total. The molecule has 0 rings (SSSR count). The first kappa shape index (κ1) is 30.0. The number of rotatable bonds is 18. The zero-order chi connectivity index (χ0) is 20.5. The van der Waals surface area contributed by atoms with Crippen molar-refractivity contribution in [1.82, 2.24) is 0 Å². The van der Waals surface area contributed by atoms with Gasteiger partial charge in [-0.15, -0.1) is 0 Å². The van der Waals surface area contributed by atoms with Gasteiger partial charge in [-0.05, 0) is 6.42 Å². The van der Waals surface area contributed by atoms with Gasteiger partial charge in [0, 0.05) is 12.4 Å². The summed E-state index contributed by atoms with van der Waals surface area (Å²) in [4.78, 5) is 30.8. The summed E-state index contributed by atoms with van der Waals surface area (Å²) in [6, 6.07) is 0. The smallest absolute Gasteiger partial charge is 0.550 e. The third-order valence-corrected chi connectivity index (χ3v) is 5.27. The summed E-state index contributed by atoms with van der Waals surface area (Å²) in [7, 11) is -4.90. The molecule has 0 aromatic heterocycles. The van der Waals surface area contributed by atoms with E-state index in [2.05, 4.69) is 16.7 Å². The molecular formula is C18H33NaO8S. The molecule has 0 saturated heterocycles. The summed E-state index contributed by atoms with van der Waals surface area (Å²) in [6.45, 7) is 2.29. The van der Waals surface area contributed by atoms with Crippen LogP contribution in [0.4, 0.5) is 0 Å². The van der Waals surface area contributed by atoms with Crippen molar-refractivity contribution in [2.45, 2.75) is 95.6 Å². The molecule has 160 valence electrons. The molecule has 0 bridgehead atoms. The predicted molar refractivity (Wildman–Crippen MR) is 98.1 cm³/mol. The Bertz CT molecular complexity index is 510. The molecule has 0 aromatic rings. The number of carboxylic acid groups (broad SMARTS) is 1. The zero-order valence-corrected chi connectivity index (χ0v) is 20.0. The standard InChI is InChI=1S/C18H34O8S.Na/c1-2-3-4-5-6-7-8-9-10-11-12-13-14-25-26-18(21)16(15-17(19)20)27(22,23)24;/h16H,2-15H2,1H3,(H,19,20)(H,22,23,24);/q;+1/p-1. The minimum atomic E-state index is -4.90. The predicted octanol–water partition coefficient (Wildman–Crippen LogP) is -0.437. The number of hydrogen-bond acceptors (Lipinski definition) is 7. The molecule has 0 aromatic carbocycles. The number of carboxylic acids is 1. The average molecular weight is 433 g/mol. The Morgan fingerprint density at radius 2 is 1.32 bits per heavy atom. The van der Waals surface area contributed by atoms with Gasteiger partial charge in [0.15, 0.2) is 5.25 Å². The van der Waals surface area contributed by atoms with Gasteiger partial charge in [-0.2, -0.15) is 13.3 Å². The van der Waals surface area contributed by atoms with Crippen molar-refractivity contribution in [2.75, 3.05) is 6.61 Å². The van der Waals surface area contributed by atoms with Crippen molar-refractivity contribution in [3.63, 3.8) is 0 Å². The van der Waals surface area contributed by atoms with Gasteiger partial charge in [0.1, 0.15) is 0 Å². The van der Waals surface area contributed by atoms with Crippen LogP contribution in [-0.4, -0.2) is 36.8 Å². The van der Waals surface area contributed by atoms with Crippen LogP contribution in [0.5, 0.6) is 0 Å². The second kappa shape index (κ2) is 18.8. The molecule has 1 unspecified atom stereocenters. The van der Waals surface area contributed by atoms with E-state index in [4.69, 9.17) is 4.55 Å². The van der Waals surface area contributed by atoms with Crippen molar-refractivity contribution >= 4 is 22.1 Å². The summed E-state index contributed by atoms with van der Waals surface area (Å²) in [5, 5.41) is 8.18. The molecule has 0 saturated carbocycles. The van der Waals surface area contributed by atoms with E-state index in [0.717, 1.165) is 19.3 Å². The van der Waals surface area contributed by atoms with E-state index in [1.165, 1.54) is 51.4 Å². The van der Waals surface area contributed by atoms with Crippen molar-refractivity contribution in [2.24, 2.45) is 0 Å². The van der Waals surface area contributed by atoms with E-state index >= 15 is 0 Å². The molecular weight excluding hydrogens is 399 g/mol. The SMILES string of the molecule is CCCCCCCCCCCCCCOOC(=O)C(CC(=O)[O-])S(=O)(=O)O.[Na+]. The van der Waals surface area contributed by atoms with Crippen molar-refractivity contribution < 1.29 is 67.0 Å². The summed E-state index contributed by atoms with van der Waals surface area (Å²) < 4.78 is 30.8. The maximum atomic E-state index is 11.5. The molecule has 0 aliphatic heterocycles. The van der Waals surface area contributed by atoms with Gasteiger partial charge in [0.25, 0.3) is 10.1 Å². The number of aliphatic carboxylic acids is 1. The Labute approximate surface area is 190 Å². The number of carbonyl (C=O) groups is 2. The van der Waals surface area contributed by atoms with Gasteiger partial charge in [-0.25, -0.2) is 4.79 Å². The summed E-state index contributed by atoms with van der Waals surface area (Å²) >= 11 is 0. The number of carbonyl (C=O) groups excluding carboxylic acids is 2. The van der Waals surface area contributed by atoms with E-state index < -0.39 is 33.7 Å². The Morgan fingerprint density at radius 3 is 1.71 bits per heavy atom. The maximum Gasteiger partial charge on any atom is 1.00 e. The molecule has 1 atom stereocenters. The first-order chi connectivity index (χ1) is 12.8. The third kappa shape index (κ3) is 17.9. The Morgan fingerprint density at radius 1 is 0.893 bits per heavy atom. The molecule has 0 fully saturated rings. The first-order valence-electron chi connectivity index (χ1n) is 9.78. The summed E-state index contributed by atoms with van der Waals surface area (Å²) in [6.07, 6.45) is 12.8. The maximum absolute atomic E-state index is 11.5. The van der Waals surface area contributed by atoms with E-state index in [0.29, 0.717) is 6.42 Å². The zero-order valence-electron chi connectivity index (χ0n) is 17.2. The van der Waals surface area contributed by atoms with Gasteiger partial charge in [-0.1, -0.05) is 77.6 Å². The van der Waals surface area contributed by atoms with Crippen LogP contribution in [0.1, 0.15) is 90.4 Å². The third-order valence-electron chi connectivity index (χ3n) is 4.20. The number of hydrogen-bond donors (Lipinski definition) is 1. The van der Waals surface area contributed by atoms with Crippen LogP contribution in [0.3, 0.4) is 0 Å². The fraction of sp³-hybridized carbons (Fsp3) is 0.889.